The maximum Gasteiger partial charge on any atom is 0.123 e. The number of hydrogen-bond donors (Lipinski definition) is 2. The Balaban J connectivity index is 3.24. The van der Waals surface area contributed by atoms with Crippen molar-refractivity contribution in [2.24, 2.45) is 5.73 Å². The Bertz CT molecular complexity index is 273. The van der Waals surface area contributed by atoms with Crippen LogP contribution in [0.1, 0.15) is 11.1 Å². The third kappa shape index (κ3) is 1.73. The summed E-state index contributed by atoms with van der Waals surface area (Å²) in [6.07, 6.45) is 0. The fourth-order valence-corrected chi connectivity index (χ4v) is 1.58. The number of benzene rings is 1. The van der Waals surface area contributed by atoms with E-state index in [1.54, 1.807) is 0 Å². The Labute approximate surface area is 74.2 Å². The molecule has 1 aromatic carbocycles. The van der Waals surface area contributed by atoms with Gasteiger partial charge in [-0.25, -0.2) is 0 Å². The zero-order valence-corrected chi connectivity index (χ0v) is 7.85. The van der Waals surface area contributed by atoms with Crippen molar-refractivity contribution < 1.29 is 5.11 Å². The van der Waals surface area contributed by atoms with E-state index in [9.17, 15) is 5.11 Å². The van der Waals surface area contributed by atoms with Gasteiger partial charge in [0.2, 0.25) is 0 Å². The Morgan fingerprint density at radius 2 is 2.18 bits per heavy atom. The largest absolute Gasteiger partial charge is 0.507 e. The van der Waals surface area contributed by atoms with E-state index in [-0.39, 0.29) is 0 Å². The highest BCUT2D eigenvalue weighted by molar-refractivity contribution is 9.10. The summed E-state index contributed by atoms with van der Waals surface area (Å²) in [5.74, 6) is 0.302. The van der Waals surface area contributed by atoms with Gasteiger partial charge in [-0.3, -0.25) is 0 Å². The van der Waals surface area contributed by atoms with E-state index >= 15 is 0 Å². The Morgan fingerprint density at radius 3 is 2.73 bits per heavy atom. The maximum atomic E-state index is 9.42. The van der Waals surface area contributed by atoms with Crippen LogP contribution in [-0.4, -0.2) is 5.11 Å². The van der Waals surface area contributed by atoms with Crippen LogP contribution in [0.2, 0.25) is 0 Å². The number of aryl methyl sites for hydroxylation is 1. The van der Waals surface area contributed by atoms with Crippen LogP contribution in [0.3, 0.4) is 0 Å². The molecule has 0 amide bonds. The van der Waals surface area contributed by atoms with Gasteiger partial charge >= 0.3 is 0 Å². The van der Waals surface area contributed by atoms with Crippen molar-refractivity contribution in [2.75, 3.05) is 0 Å². The van der Waals surface area contributed by atoms with Gasteiger partial charge in [-0.05, 0) is 24.6 Å². The third-order valence-electron chi connectivity index (χ3n) is 1.56. The van der Waals surface area contributed by atoms with E-state index in [1.807, 2.05) is 19.1 Å². The summed E-state index contributed by atoms with van der Waals surface area (Å²) < 4.78 is 0.952. The molecule has 0 bridgehead atoms. The monoisotopic (exact) mass is 215 g/mol. The predicted octanol–water partition coefficient (Wildman–Crippen LogP) is 1.92. The van der Waals surface area contributed by atoms with Gasteiger partial charge in [0, 0.05) is 16.6 Å². The number of nitrogens with two attached hydrogens (primary N) is 1. The normalized spacial score (nSPS) is 10.1. The quantitative estimate of drug-likeness (QED) is 0.753. The summed E-state index contributed by atoms with van der Waals surface area (Å²) in [7, 11) is 0. The molecule has 0 unspecified atom stereocenters. The molecule has 11 heavy (non-hydrogen) atoms. The van der Waals surface area contributed by atoms with Gasteiger partial charge in [0.25, 0.3) is 0 Å². The molecule has 60 valence electrons. The molecule has 1 aromatic rings. The van der Waals surface area contributed by atoms with Crippen molar-refractivity contribution in [1.29, 1.82) is 0 Å². The minimum absolute atomic E-state index is 0.302. The number of phenols is 1. The van der Waals surface area contributed by atoms with Gasteiger partial charge in [-0.15, -0.1) is 0 Å². The van der Waals surface area contributed by atoms with Crippen LogP contribution in [0.4, 0.5) is 0 Å². The molecule has 3 N–H and O–H groups in total. The van der Waals surface area contributed by atoms with Crippen LogP contribution >= 0.6 is 15.9 Å². The Hall–Kier alpha value is -0.540. The second kappa shape index (κ2) is 3.24. The fourth-order valence-electron chi connectivity index (χ4n) is 0.961. The molecule has 2 nitrogen and oxygen atoms in total. The van der Waals surface area contributed by atoms with Crippen molar-refractivity contribution in [3.05, 3.63) is 27.7 Å². The molecule has 0 saturated carbocycles. The third-order valence-corrected chi connectivity index (χ3v) is 2.02. The molecule has 0 saturated heterocycles. The lowest BCUT2D eigenvalue weighted by Crippen LogP contribution is -1.97. The molecule has 0 aliphatic rings. The average Bonchev–Trinajstić information content (AvgIpc) is 1.96. The van der Waals surface area contributed by atoms with Gasteiger partial charge in [0.05, 0.1) is 0 Å². The second-order valence-electron chi connectivity index (χ2n) is 2.43. The summed E-state index contributed by atoms with van der Waals surface area (Å²) in [6.45, 7) is 2.21. The Kier molecular flexibility index (Phi) is 2.52. The molecule has 0 aromatic heterocycles. The second-order valence-corrected chi connectivity index (χ2v) is 3.35. The zero-order valence-electron chi connectivity index (χ0n) is 6.26. The summed E-state index contributed by atoms with van der Waals surface area (Å²) in [5.41, 5.74) is 7.03. The number of rotatable bonds is 1. The van der Waals surface area contributed by atoms with Crippen molar-refractivity contribution in [1.82, 2.24) is 0 Å². The Morgan fingerprint density at radius 1 is 1.55 bits per heavy atom. The molecule has 0 spiro atoms. The van der Waals surface area contributed by atoms with Crippen molar-refractivity contribution in [2.45, 2.75) is 13.5 Å². The van der Waals surface area contributed by atoms with Crippen LogP contribution in [0.15, 0.2) is 16.6 Å². The fraction of sp³-hybridized carbons (Fsp3) is 0.250. The van der Waals surface area contributed by atoms with E-state index in [2.05, 4.69) is 15.9 Å². The molecule has 0 aliphatic carbocycles. The highest BCUT2D eigenvalue weighted by Gasteiger charge is 2.03. The lowest BCUT2D eigenvalue weighted by Gasteiger charge is -2.04. The van der Waals surface area contributed by atoms with E-state index in [0.29, 0.717) is 12.3 Å². The van der Waals surface area contributed by atoms with E-state index in [1.165, 1.54) is 0 Å². The number of hydrogen-bond acceptors (Lipinski definition) is 2. The number of aromatic hydroxyl groups is 1. The molecule has 0 radical (unpaired) electrons. The smallest absolute Gasteiger partial charge is 0.123 e. The number of halogens is 1. The van der Waals surface area contributed by atoms with Gasteiger partial charge in [0.15, 0.2) is 0 Å². The van der Waals surface area contributed by atoms with Gasteiger partial charge in [-0.2, -0.15) is 0 Å². The van der Waals surface area contributed by atoms with Crippen LogP contribution in [-0.2, 0) is 6.54 Å². The zero-order chi connectivity index (χ0) is 8.43. The summed E-state index contributed by atoms with van der Waals surface area (Å²) >= 11 is 3.32. The van der Waals surface area contributed by atoms with Gasteiger partial charge in [-0.1, -0.05) is 15.9 Å². The summed E-state index contributed by atoms with van der Waals surface area (Å²) in [6, 6.07) is 3.68. The molecule has 0 fully saturated rings. The minimum atomic E-state index is 0.302. The SMILES string of the molecule is Cc1cc(Br)cc(CN)c1O. The highest BCUT2D eigenvalue weighted by Crippen LogP contribution is 2.25. The molecule has 0 atom stereocenters. The maximum absolute atomic E-state index is 9.42. The molecule has 0 aliphatic heterocycles. The minimum Gasteiger partial charge on any atom is -0.507 e. The van der Waals surface area contributed by atoms with Crippen molar-refractivity contribution in [3.8, 4) is 5.75 Å². The first-order valence-electron chi connectivity index (χ1n) is 3.33. The molecule has 1 rings (SSSR count). The lowest BCUT2D eigenvalue weighted by molar-refractivity contribution is 0.464. The first-order valence-corrected chi connectivity index (χ1v) is 4.12. The summed E-state index contributed by atoms with van der Waals surface area (Å²) in [4.78, 5) is 0. The van der Waals surface area contributed by atoms with Crippen molar-refractivity contribution >= 4 is 15.9 Å². The van der Waals surface area contributed by atoms with E-state index < -0.39 is 0 Å². The van der Waals surface area contributed by atoms with Crippen LogP contribution in [0, 0.1) is 6.92 Å². The van der Waals surface area contributed by atoms with E-state index in [4.69, 9.17) is 5.73 Å². The average molecular weight is 216 g/mol. The summed E-state index contributed by atoms with van der Waals surface area (Å²) in [5, 5.41) is 9.42. The van der Waals surface area contributed by atoms with E-state index in [0.717, 1.165) is 15.6 Å². The first-order chi connectivity index (χ1) is 5.15. The predicted molar refractivity (Wildman–Crippen MR) is 48.4 cm³/mol. The molecular weight excluding hydrogens is 206 g/mol. The highest BCUT2D eigenvalue weighted by atomic mass is 79.9. The van der Waals surface area contributed by atoms with Gasteiger partial charge < -0.3 is 10.8 Å². The topological polar surface area (TPSA) is 46.2 Å². The molecule has 3 heteroatoms. The van der Waals surface area contributed by atoms with Crippen LogP contribution < -0.4 is 5.73 Å². The number of phenolic OH excluding ortho intramolecular Hbond substituents is 1. The first kappa shape index (κ1) is 8.56. The molecule has 0 heterocycles. The van der Waals surface area contributed by atoms with Crippen LogP contribution in [0.25, 0.3) is 0 Å². The lowest BCUT2D eigenvalue weighted by atomic mass is 10.1. The van der Waals surface area contributed by atoms with Gasteiger partial charge in [0.1, 0.15) is 5.75 Å². The van der Waals surface area contributed by atoms with Crippen LogP contribution in [0.5, 0.6) is 5.75 Å². The van der Waals surface area contributed by atoms with Crippen molar-refractivity contribution in [3.63, 3.8) is 0 Å². The molecular formula is C8H10BrNO. The standard InChI is InChI=1S/C8H10BrNO/c1-5-2-7(9)3-6(4-10)8(5)11/h2-3,11H,4,10H2,1H3.